The molecule has 0 spiro atoms. The molecule has 0 saturated carbocycles. The Morgan fingerprint density at radius 3 is 2.45 bits per heavy atom. The Bertz CT molecular complexity index is 367. The smallest absolute Gasteiger partial charge is 0.246 e. The van der Waals surface area contributed by atoms with Gasteiger partial charge in [-0.2, -0.15) is 0 Å². The van der Waals surface area contributed by atoms with Crippen molar-refractivity contribution in [3.05, 3.63) is 0 Å². The molecule has 2 heterocycles. The van der Waals surface area contributed by atoms with Crippen molar-refractivity contribution in [1.29, 1.82) is 0 Å². The summed E-state index contributed by atoms with van der Waals surface area (Å²) in [6.07, 6.45) is 3.66. The monoisotopic (exact) mass is 298 g/mol. The zero-order chi connectivity index (χ0) is 14.7. The second kappa shape index (κ2) is 6.83. The maximum Gasteiger partial charge on any atom is 0.246 e. The second-order valence-corrected chi connectivity index (χ2v) is 7.33. The van der Waals surface area contributed by atoms with E-state index < -0.39 is 0 Å². The van der Waals surface area contributed by atoms with Crippen molar-refractivity contribution in [3.63, 3.8) is 0 Å². The number of carbonyl (C=O) groups is 2. The molecule has 5 heteroatoms. The van der Waals surface area contributed by atoms with E-state index >= 15 is 0 Å². The van der Waals surface area contributed by atoms with Crippen molar-refractivity contribution in [2.75, 3.05) is 18.8 Å². The van der Waals surface area contributed by atoms with Crippen molar-refractivity contribution >= 4 is 23.6 Å². The number of thioether (sulfide) groups is 1. The molecule has 2 aliphatic heterocycles. The molecule has 0 aromatic rings. The van der Waals surface area contributed by atoms with Gasteiger partial charge in [-0.05, 0) is 25.2 Å². The van der Waals surface area contributed by atoms with Crippen LogP contribution >= 0.6 is 11.8 Å². The number of carbonyl (C=O) groups excluding carboxylic acids is 2. The Labute approximate surface area is 126 Å². The fraction of sp³-hybridized carbons (Fsp3) is 0.867. The van der Waals surface area contributed by atoms with Crippen LogP contribution in [0.3, 0.4) is 0 Å². The molecule has 2 unspecified atom stereocenters. The maximum absolute atomic E-state index is 12.6. The standard InChI is InChI=1S/C15H26N2O2S/c1-4-13(18)17-12(10-20-14(17)9-11(2)3)15(19)16-7-5-6-8-16/h11-12,14H,4-10H2,1-3H3. The Morgan fingerprint density at radius 1 is 1.25 bits per heavy atom. The number of hydrogen-bond donors (Lipinski definition) is 0. The highest BCUT2D eigenvalue weighted by Crippen LogP contribution is 2.35. The third-order valence-electron chi connectivity index (χ3n) is 4.06. The predicted octanol–water partition coefficient (Wildman–Crippen LogP) is 2.33. The summed E-state index contributed by atoms with van der Waals surface area (Å²) in [6, 6.07) is -0.228. The van der Waals surface area contributed by atoms with Crippen LogP contribution in [0.15, 0.2) is 0 Å². The fourth-order valence-electron chi connectivity index (χ4n) is 3.00. The summed E-state index contributed by atoms with van der Waals surface area (Å²) < 4.78 is 0. The number of amides is 2. The Hall–Kier alpha value is -0.710. The SMILES string of the molecule is CCC(=O)N1C(CC(C)C)SCC1C(=O)N1CCCC1. The van der Waals surface area contributed by atoms with Crippen LogP contribution in [0.25, 0.3) is 0 Å². The highest BCUT2D eigenvalue weighted by molar-refractivity contribution is 8.00. The molecule has 0 aliphatic carbocycles. The van der Waals surface area contributed by atoms with Gasteiger partial charge in [-0.15, -0.1) is 11.8 Å². The molecule has 2 rings (SSSR count). The zero-order valence-electron chi connectivity index (χ0n) is 12.8. The van der Waals surface area contributed by atoms with Gasteiger partial charge in [0.15, 0.2) is 0 Å². The summed E-state index contributed by atoms with van der Waals surface area (Å²) in [4.78, 5) is 28.7. The molecule has 2 atom stereocenters. The first-order chi connectivity index (χ1) is 9.54. The van der Waals surface area contributed by atoms with Gasteiger partial charge >= 0.3 is 0 Å². The normalized spacial score (nSPS) is 26.6. The molecule has 0 radical (unpaired) electrons. The van der Waals surface area contributed by atoms with Crippen LogP contribution < -0.4 is 0 Å². The molecule has 0 aromatic carbocycles. The number of rotatable bonds is 4. The Morgan fingerprint density at radius 2 is 1.90 bits per heavy atom. The van der Waals surface area contributed by atoms with Crippen molar-refractivity contribution in [2.45, 2.75) is 57.9 Å². The summed E-state index contributed by atoms with van der Waals surface area (Å²) in [7, 11) is 0. The summed E-state index contributed by atoms with van der Waals surface area (Å²) in [5.41, 5.74) is 0. The van der Waals surface area contributed by atoms with E-state index in [1.54, 1.807) is 11.8 Å². The second-order valence-electron chi connectivity index (χ2n) is 6.12. The van der Waals surface area contributed by atoms with E-state index in [1.807, 2.05) is 16.7 Å². The van der Waals surface area contributed by atoms with E-state index in [-0.39, 0.29) is 23.2 Å². The lowest BCUT2D eigenvalue weighted by Gasteiger charge is -2.31. The third-order valence-corrected chi connectivity index (χ3v) is 5.37. The van der Waals surface area contributed by atoms with E-state index in [2.05, 4.69) is 13.8 Å². The highest BCUT2D eigenvalue weighted by atomic mass is 32.2. The predicted molar refractivity (Wildman–Crippen MR) is 82.4 cm³/mol. The lowest BCUT2D eigenvalue weighted by Crippen LogP contribution is -2.50. The molecule has 0 N–H and O–H groups in total. The molecule has 2 aliphatic rings. The van der Waals surface area contributed by atoms with E-state index in [0.717, 1.165) is 38.1 Å². The molecule has 4 nitrogen and oxygen atoms in total. The van der Waals surface area contributed by atoms with Crippen LogP contribution in [0.2, 0.25) is 0 Å². The Kier molecular flexibility index (Phi) is 5.35. The molecule has 0 bridgehead atoms. The summed E-state index contributed by atoms with van der Waals surface area (Å²) in [6.45, 7) is 7.96. The minimum absolute atomic E-state index is 0.123. The van der Waals surface area contributed by atoms with E-state index in [0.29, 0.717) is 12.3 Å². The van der Waals surface area contributed by atoms with Crippen LogP contribution in [0.5, 0.6) is 0 Å². The fourth-order valence-corrected chi connectivity index (χ4v) is 4.66. The number of hydrogen-bond acceptors (Lipinski definition) is 3. The maximum atomic E-state index is 12.6. The van der Waals surface area contributed by atoms with Crippen LogP contribution in [-0.2, 0) is 9.59 Å². The van der Waals surface area contributed by atoms with Gasteiger partial charge in [-0.25, -0.2) is 0 Å². The summed E-state index contributed by atoms with van der Waals surface area (Å²) in [5, 5.41) is 0.180. The van der Waals surface area contributed by atoms with Gasteiger partial charge in [-0.1, -0.05) is 20.8 Å². The topological polar surface area (TPSA) is 40.6 Å². The molecule has 2 fully saturated rings. The average Bonchev–Trinajstić information content (AvgIpc) is 3.05. The molecule has 0 aromatic heterocycles. The first kappa shape index (κ1) is 15.7. The van der Waals surface area contributed by atoms with Crippen molar-refractivity contribution in [1.82, 2.24) is 9.80 Å². The first-order valence-electron chi connectivity index (χ1n) is 7.76. The van der Waals surface area contributed by atoms with Crippen molar-refractivity contribution in [3.8, 4) is 0 Å². The molecule has 20 heavy (non-hydrogen) atoms. The third kappa shape index (κ3) is 3.30. The highest BCUT2D eigenvalue weighted by Gasteiger charge is 2.42. The average molecular weight is 298 g/mol. The zero-order valence-corrected chi connectivity index (χ0v) is 13.6. The minimum atomic E-state index is -0.228. The van der Waals surface area contributed by atoms with E-state index in [9.17, 15) is 9.59 Å². The van der Waals surface area contributed by atoms with Crippen LogP contribution in [0.1, 0.15) is 46.5 Å². The van der Waals surface area contributed by atoms with Gasteiger partial charge in [0, 0.05) is 25.3 Å². The number of nitrogens with zero attached hydrogens (tertiary/aromatic N) is 2. The Balaban J connectivity index is 2.10. The van der Waals surface area contributed by atoms with Crippen LogP contribution in [0, 0.1) is 5.92 Å². The number of likely N-dealkylation sites (tertiary alicyclic amines) is 1. The van der Waals surface area contributed by atoms with Crippen LogP contribution in [0.4, 0.5) is 0 Å². The largest absolute Gasteiger partial charge is 0.341 e. The van der Waals surface area contributed by atoms with Gasteiger partial charge < -0.3 is 9.80 Å². The van der Waals surface area contributed by atoms with Crippen LogP contribution in [-0.4, -0.2) is 51.9 Å². The van der Waals surface area contributed by atoms with Crippen molar-refractivity contribution < 1.29 is 9.59 Å². The molecule has 114 valence electrons. The lowest BCUT2D eigenvalue weighted by molar-refractivity contribution is -0.144. The molecular weight excluding hydrogens is 272 g/mol. The quantitative estimate of drug-likeness (QED) is 0.800. The molecular formula is C15H26N2O2S. The molecule has 2 saturated heterocycles. The molecule has 2 amide bonds. The van der Waals surface area contributed by atoms with Gasteiger partial charge in [0.1, 0.15) is 6.04 Å². The summed E-state index contributed by atoms with van der Waals surface area (Å²) >= 11 is 1.78. The van der Waals surface area contributed by atoms with Crippen molar-refractivity contribution in [2.24, 2.45) is 5.92 Å². The first-order valence-corrected chi connectivity index (χ1v) is 8.81. The summed E-state index contributed by atoms with van der Waals surface area (Å²) in [5.74, 6) is 1.60. The van der Waals surface area contributed by atoms with E-state index in [4.69, 9.17) is 0 Å². The van der Waals surface area contributed by atoms with Gasteiger partial charge in [-0.3, -0.25) is 9.59 Å². The lowest BCUT2D eigenvalue weighted by atomic mass is 10.1. The van der Waals surface area contributed by atoms with E-state index in [1.165, 1.54) is 0 Å². The van der Waals surface area contributed by atoms with Gasteiger partial charge in [0.2, 0.25) is 11.8 Å². The minimum Gasteiger partial charge on any atom is -0.341 e. The van der Waals surface area contributed by atoms with Gasteiger partial charge in [0.25, 0.3) is 0 Å². The van der Waals surface area contributed by atoms with Gasteiger partial charge in [0.05, 0.1) is 5.37 Å².